The molecular formula is C29H34FN3O5S. The second kappa shape index (κ2) is 11.0. The number of nitrogens with zero attached hydrogens (tertiary/aromatic N) is 2. The van der Waals surface area contributed by atoms with Gasteiger partial charge >= 0.3 is 6.09 Å². The predicted octanol–water partition coefficient (Wildman–Crippen LogP) is 4.63. The van der Waals surface area contributed by atoms with Crippen LogP contribution in [0.3, 0.4) is 0 Å². The van der Waals surface area contributed by atoms with Gasteiger partial charge in [-0.1, -0.05) is 31.2 Å². The number of nitriles is 1. The molecule has 1 saturated heterocycles. The molecule has 2 amide bonds. The molecule has 1 aliphatic heterocycles. The quantitative estimate of drug-likeness (QED) is 0.533. The maximum Gasteiger partial charge on any atom is 0.411 e. The SMILES string of the molecule is CCS(=O)(=O)c1ccc(-c2ccc(CC(C#N)NC(=O)C3C4CCC(C4)N3C(=O)OC(C)(C)C)c(F)c2)cc1. The minimum Gasteiger partial charge on any atom is -0.444 e. The van der Waals surface area contributed by atoms with Crippen molar-refractivity contribution < 1.29 is 27.1 Å². The Morgan fingerprint density at radius 3 is 2.41 bits per heavy atom. The number of halogens is 1. The lowest BCUT2D eigenvalue weighted by Crippen LogP contribution is -2.55. The molecule has 208 valence electrons. The molecule has 2 aliphatic rings. The summed E-state index contributed by atoms with van der Waals surface area (Å²) >= 11 is 0. The third-order valence-corrected chi connectivity index (χ3v) is 9.08. The number of hydrogen-bond donors (Lipinski definition) is 1. The standard InChI is InChI=1S/C29H34FN3O5S/c1-5-39(36,37)24-12-9-18(10-13-24)19-6-7-20(25(30)16-19)14-22(17-31)32-27(34)26-21-8-11-23(15-21)33(26)28(35)38-29(2,3)4/h6-7,9-10,12-13,16,21-23,26H,5,8,11,14-15H2,1-4H3,(H,32,34). The first-order valence-electron chi connectivity index (χ1n) is 13.2. The minimum atomic E-state index is -3.33. The molecule has 2 fully saturated rings. The van der Waals surface area contributed by atoms with Crippen LogP contribution in [0.2, 0.25) is 0 Å². The lowest BCUT2D eigenvalue weighted by atomic mass is 9.97. The van der Waals surface area contributed by atoms with Crippen molar-refractivity contribution in [2.45, 2.75) is 82.0 Å². The van der Waals surface area contributed by atoms with Gasteiger partial charge < -0.3 is 10.1 Å². The van der Waals surface area contributed by atoms with Gasteiger partial charge in [0.05, 0.1) is 16.7 Å². The summed E-state index contributed by atoms with van der Waals surface area (Å²) in [5.41, 5.74) is 0.768. The van der Waals surface area contributed by atoms with Gasteiger partial charge in [0.25, 0.3) is 0 Å². The Labute approximate surface area is 229 Å². The molecule has 4 rings (SSSR count). The first-order chi connectivity index (χ1) is 18.3. The molecule has 8 nitrogen and oxygen atoms in total. The van der Waals surface area contributed by atoms with Gasteiger partial charge in [0.1, 0.15) is 23.5 Å². The third kappa shape index (κ3) is 6.25. The summed E-state index contributed by atoms with van der Waals surface area (Å²) in [6.45, 7) is 6.88. The summed E-state index contributed by atoms with van der Waals surface area (Å²) < 4.78 is 44.7. The van der Waals surface area contributed by atoms with Gasteiger partial charge in [-0.15, -0.1) is 0 Å². The van der Waals surface area contributed by atoms with E-state index in [9.17, 15) is 23.3 Å². The van der Waals surface area contributed by atoms with Crippen molar-refractivity contribution in [1.82, 2.24) is 10.2 Å². The lowest BCUT2D eigenvalue weighted by Gasteiger charge is -2.35. The molecule has 2 bridgehead atoms. The van der Waals surface area contributed by atoms with E-state index in [0.717, 1.165) is 19.3 Å². The van der Waals surface area contributed by atoms with Crippen LogP contribution in [0.1, 0.15) is 52.5 Å². The zero-order valence-corrected chi connectivity index (χ0v) is 23.4. The average Bonchev–Trinajstić information content (AvgIpc) is 3.50. The topological polar surface area (TPSA) is 117 Å². The van der Waals surface area contributed by atoms with Crippen LogP contribution in [0.5, 0.6) is 0 Å². The third-order valence-electron chi connectivity index (χ3n) is 7.33. The molecule has 2 aromatic carbocycles. The van der Waals surface area contributed by atoms with E-state index in [4.69, 9.17) is 4.74 Å². The van der Waals surface area contributed by atoms with Crippen LogP contribution in [0, 0.1) is 23.1 Å². The predicted molar refractivity (Wildman–Crippen MR) is 144 cm³/mol. The number of piperidine rings is 1. The van der Waals surface area contributed by atoms with Crippen molar-refractivity contribution >= 4 is 21.8 Å². The van der Waals surface area contributed by atoms with Gasteiger partial charge in [-0.3, -0.25) is 9.69 Å². The van der Waals surface area contributed by atoms with Gasteiger partial charge in [0.2, 0.25) is 5.91 Å². The van der Waals surface area contributed by atoms with Gasteiger partial charge in [-0.25, -0.2) is 17.6 Å². The molecule has 1 N–H and O–H groups in total. The van der Waals surface area contributed by atoms with E-state index in [2.05, 4.69) is 5.32 Å². The van der Waals surface area contributed by atoms with E-state index < -0.39 is 45.3 Å². The number of sulfone groups is 1. The molecule has 2 aromatic rings. The second-order valence-electron chi connectivity index (χ2n) is 11.2. The molecule has 4 unspecified atom stereocenters. The fourth-order valence-corrected chi connectivity index (χ4v) is 6.31. The average molecular weight is 556 g/mol. The van der Waals surface area contributed by atoms with Crippen molar-refractivity contribution in [2.75, 3.05) is 5.75 Å². The molecule has 0 spiro atoms. The number of fused-ring (bicyclic) bond motifs is 2. The second-order valence-corrected chi connectivity index (χ2v) is 13.5. The number of benzene rings is 2. The number of likely N-dealkylation sites (tertiary alicyclic amines) is 1. The maximum atomic E-state index is 15.1. The van der Waals surface area contributed by atoms with Gasteiger partial charge in [0.15, 0.2) is 9.84 Å². The monoisotopic (exact) mass is 555 g/mol. The fraction of sp³-hybridized carbons (Fsp3) is 0.483. The van der Waals surface area contributed by atoms with Crippen LogP contribution in [0.25, 0.3) is 11.1 Å². The van der Waals surface area contributed by atoms with E-state index in [-0.39, 0.29) is 34.6 Å². The van der Waals surface area contributed by atoms with E-state index in [1.54, 1.807) is 52.0 Å². The Balaban J connectivity index is 1.45. The molecule has 0 radical (unpaired) electrons. The van der Waals surface area contributed by atoms with Crippen LogP contribution in [0.15, 0.2) is 47.4 Å². The van der Waals surface area contributed by atoms with Crippen molar-refractivity contribution in [3.8, 4) is 17.2 Å². The highest BCUT2D eigenvalue weighted by atomic mass is 32.2. The summed E-state index contributed by atoms with van der Waals surface area (Å²) in [5, 5.41) is 12.4. The molecule has 0 aromatic heterocycles. The van der Waals surface area contributed by atoms with Crippen molar-refractivity contribution in [3.63, 3.8) is 0 Å². The Morgan fingerprint density at radius 1 is 1.15 bits per heavy atom. The van der Waals surface area contributed by atoms with Crippen LogP contribution in [-0.4, -0.2) is 54.8 Å². The van der Waals surface area contributed by atoms with Gasteiger partial charge in [0, 0.05) is 12.5 Å². The van der Waals surface area contributed by atoms with Crippen LogP contribution >= 0.6 is 0 Å². The molecule has 1 saturated carbocycles. The Kier molecular flexibility index (Phi) is 8.03. The zero-order valence-electron chi connectivity index (χ0n) is 22.6. The van der Waals surface area contributed by atoms with Crippen LogP contribution in [0.4, 0.5) is 9.18 Å². The Morgan fingerprint density at radius 2 is 1.82 bits per heavy atom. The number of rotatable bonds is 7. The summed E-state index contributed by atoms with van der Waals surface area (Å²) in [4.78, 5) is 27.9. The summed E-state index contributed by atoms with van der Waals surface area (Å²) in [5.74, 6) is -0.981. The molecule has 39 heavy (non-hydrogen) atoms. The summed E-state index contributed by atoms with van der Waals surface area (Å²) in [6, 6.07) is 11.1. The van der Waals surface area contributed by atoms with Gasteiger partial charge in [-0.2, -0.15) is 5.26 Å². The Bertz CT molecular complexity index is 1400. The van der Waals surface area contributed by atoms with E-state index in [1.165, 1.54) is 23.1 Å². The zero-order chi connectivity index (χ0) is 28.5. The van der Waals surface area contributed by atoms with Crippen LogP contribution < -0.4 is 5.32 Å². The number of carbonyl (C=O) groups excluding carboxylic acids is 2. The van der Waals surface area contributed by atoms with Crippen molar-refractivity contribution in [3.05, 3.63) is 53.8 Å². The fourth-order valence-electron chi connectivity index (χ4n) is 5.42. The first kappa shape index (κ1) is 28.6. The number of amides is 2. The maximum absolute atomic E-state index is 15.1. The largest absolute Gasteiger partial charge is 0.444 e. The van der Waals surface area contributed by atoms with Crippen molar-refractivity contribution in [2.24, 2.45) is 5.92 Å². The minimum absolute atomic E-state index is 0.00316. The highest BCUT2D eigenvalue weighted by molar-refractivity contribution is 7.91. The number of hydrogen-bond acceptors (Lipinski definition) is 6. The number of nitrogens with one attached hydrogen (secondary N) is 1. The lowest BCUT2D eigenvalue weighted by molar-refractivity contribution is -0.128. The highest BCUT2D eigenvalue weighted by Crippen LogP contribution is 2.43. The summed E-state index contributed by atoms with van der Waals surface area (Å²) in [6.07, 6.45) is 1.76. The first-order valence-corrected chi connectivity index (χ1v) is 14.8. The van der Waals surface area contributed by atoms with Crippen molar-refractivity contribution in [1.29, 1.82) is 5.26 Å². The summed E-state index contributed by atoms with van der Waals surface area (Å²) in [7, 11) is -3.33. The molecular weight excluding hydrogens is 521 g/mol. The van der Waals surface area contributed by atoms with E-state index in [1.807, 2.05) is 6.07 Å². The molecule has 4 atom stereocenters. The molecule has 1 aliphatic carbocycles. The number of ether oxygens (including phenoxy) is 1. The van der Waals surface area contributed by atoms with Crippen LogP contribution in [-0.2, 0) is 25.8 Å². The smallest absolute Gasteiger partial charge is 0.411 e. The normalized spacial score (nSPS) is 21.3. The Hall–Kier alpha value is -3.45. The molecule has 1 heterocycles. The van der Waals surface area contributed by atoms with E-state index in [0.29, 0.717) is 11.1 Å². The molecule has 10 heteroatoms. The van der Waals surface area contributed by atoms with Gasteiger partial charge in [-0.05, 0) is 80.8 Å². The van der Waals surface area contributed by atoms with E-state index >= 15 is 4.39 Å². The number of carbonyl (C=O) groups is 2. The highest BCUT2D eigenvalue weighted by Gasteiger charge is 2.52.